The minimum absolute atomic E-state index is 0.192. The summed E-state index contributed by atoms with van der Waals surface area (Å²) in [6, 6.07) is 14.9. The molecule has 0 aliphatic rings. The molecular formula is C20H18Cl2N4O3S. The lowest BCUT2D eigenvalue weighted by molar-refractivity contribution is 0.102. The quantitative estimate of drug-likeness (QED) is 0.547. The van der Waals surface area contributed by atoms with Gasteiger partial charge in [0.25, 0.3) is 5.91 Å². The molecule has 156 valence electrons. The highest BCUT2D eigenvalue weighted by Gasteiger charge is 2.15. The number of hydrogen-bond acceptors (Lipinski definition) is 5. The molecule has 0 saturated heterocycles. The molecule has 1 amide bonds. The predicted molar refractivity (Wildman–Crippen MR) is 122 cm³/mol. The second-order valence-electron chi connectivity index (χ2n) is 6.38. The Kier molecular flexibility index (Phi) is 6.50. The number of nitrogens with zero attached hydrogens (tertiary/aromatic N) is 2. The zero-order valence-corrected chi connectivity index (χ0v) is 18.4. The summed E-state index contributed by atoms with van der Waals surface area (Å²) >= 11 is 12.2. The number of nitrogens with one attached hydrogen (secondary N) is 2. The van der Waals surface area contributed by atoms with Crippen LogP contribution in [0, 0.1) is 0 Å². The summed E-state index contributed by atoms with van der Waals surface area (Å²) in [5, 5.41) is 6.36. The Labute approximate surface area is 184 Å². The van der Waals surface area contributed by atoms with Crippen molar-refractivity contribution in [2.75, 3.05) is 28.2 Å². The molecule has 0 aliphatic heterocycles. The summed E-state index contributed by atoms with van der Waals surface area (Å²) < 4.78 is 24.4. The van der Waals surface area contributed by atoms with E-state index in [4.69, 9.17) is 23.2 Å². The number of amides is 1. The van der Waals surface area contributed by atoms with Crippen molar-refractivity contribution in [1.82, 2.24) is 4.98 Å². The van der Waals surface area contributed by atoms with Gasteiger partial charge >= 0.3 is 0 Å². The van der Waals surface area contributed by atoms with Crippen LogP contribution in [0.5, 0.6) is 0 Å². The highest BCUT2D eigenvalue weighted by molar-refractivity contribution is 7.92. The van der Waals surface area contributed by atoms with Crippen molar-refractivity contribution < 1.29 is 13.2 Å². The van der Waals surface area contributed by atoms with Crippen LogP contribution in [0.25, 0.3) is 0 Å². The van der Waals surface area contributed by atoms with Crippen molar-refractivity contribution in [1.29, 1.82) is 0 Å². The van der Waals surface area contributed by atoms with Gasteiger partial charge in [-0.1, -0.05) is 29.3 Å². The largest absolute Gasteiger partial charge is 0.340 e. The molecule has 0 aliphatic carbocycles. The standard InChI is InChI=1S/C20H18Cl2N4O3S/c1-26(30(2,28)29)15-8-6-13(7-9-15)24-18-12-14(10-11-23-18)25-20(27)19-16(21)4-3-5-17(19)22/h3-12H,1-2H3,(H2,23,24,25,27). The lowest BCUT2D eigenvalue weighted by Gasteiger charge is -2.17. The third-order valence-electron chi connectivity index (χ3n) is 4.21. The van der Waals surface area contributed by atoms with Gasteiger partial charge in [-0.25, -0.2) is 13.4 Å². The van der Waals surface area contributed by atoms with Crippen molar-refractivity contribution >= 4 is 62.0 Å². The SMILES string of the molecule is CN(c1ccc(Nc2cc(NC(=O)c3c(Cl)cccc3Cl)ccn2)cc1)S(C)(=O)=O. The molecule has 2 N–H and O–H groups in total. The lowest BCUT2D eigenvalue weighted by Crippen LogP contribution is -2.24. The van der Waals surface area contributed by atoms with Gasteiger partial charge in [0.15, 0.2) is 0 Å². The Hall–Kier alpha value is -2.81. The van der Waals surface area contributed by atoms with Gasteiger partial charge in [0, 0.05) is 30.7 Å². The fourth-order valence-corrected chi connectivity index (χ4v) is 3.65. The van der Waals surface area contributed by atoms with Crippen LogP contribution < -0.4 is 14.9 Å². The molecular weight excluding hydrogens is 447 g/mol. The number of pyridine rings is 1. The number of carbonyl (C=O) groups is 1. The average molecular weight is 465 g/mol. The first-order valence-electron chi connectivity index (χ1n) is 8.67. The van der Waals surface area contributed by atoms with Crippen LogP contribution in [0.3, 0.4) is 0 Å². The van der Waals surface area contributed by atoms with Gasteiger partial charge in [-0.2, -0.15) is 0 Å². The molecule has 0 spiro atoms. The number of carbonyl (C=O) groups excluding carboxylic acids is 1. The molecule has 2 aromatic carbocycles. The molecule has 10 heteroatoms. The number of hydrogen-bond donors (Lipinski definition) is 2. The maximum Gasteiger partial charge on any atom is 0.258 e. The third kappa shape index (κ3) is 5.21. The van der Waals surface area contributed by atoms with Gasteiger partial charge in [0.2, 0.25) is 10.0 Å². The third-order valence-corrected chi connectivity index (χ3v) is 6.04. The van der Waals surface area contributed by atoms with E-state index in [2.05, 4.69) is 15.6 Å². The number of benzene rings is 2. The van der Waals surface area contributed by atoms with E-state index < -0.39 is 15.9 Å². The van der Waals surface area contributed by atoms with Crippen LogP contribution in [-0.2, 0) is 10.0 Å². The van der Waals surface area contributed by atoms with Crippen molar-refractivity contribution in [2.45, 2.75) is 0 Å². The number of halogens is 2. The molecule has 0 bridgehead atoms. The second kappa shape index (κ2) is 8.91. The summed E-state index contributed by atoms with van der Waals surface area (Å²) in [5.41, 5.74) is 1.93. The first kappa shape index (κ1) is 21.9. The van der Waals surface area contributed by atoms with Crippen LogP contribution in [0.1, 0.15) is 10.4 Å². The molecule has 3 aromatic rings. The van der Waals surface area contributed by atoms with E-state index in [1.54, 1.807) is 54.6 Å². The molecule has 0 fully saturated rings. The number of rotatable bonds is 6. The lowest BCUT2D eigenvalue weighted by atomic mass is 10.2. The fraction of sp³-hybridized carbons (Fsp3) is 0.100. The summed E-state index contributed by atoms with van der Waals surface area (Å²) in [6.45, 7) is 0. The predicted octanol–water partition coefficient (Wildman–Crippen LogP) is 4.78. The molecule has 30 heavy (non-hydrogen) atoms. The maximum atomic E-state index is 12.5. The molecule has 1 heterocycles. The molecule has 0 saturated carbocycles. The molecule has 7 nitrogen and oxygen atoms in total. The summed E-state index contributed by atoms with van der Waals surface area (Å²) in [4.78, 5) is 16.8. The van der Waals surface area contributed by atoms with Gasteiger partial charge in [-0.15, -0.1) is 0 Å². The van der Waals surface area contributed by atoms with Crippen molar-refractivity contribution in [3.05, 3.63) is 76.4 Å². The summed E-state index contributed by atoms with van der Waals surface area (Å²) in [7, 11) is -1.85. The number of anilines is 4. The Morgan fingerprint density at radius 2 is 1.63 bits per heavy atom. The first-order valence-corrected chi connectivity index (χ1v) is 11.3. The smallest absolute Gasteiger partial charge is 0.258 e. The van der Waals surface area contributed by atoms with E-state index in [-0.39, 0.29) is 15.6 Å². The van der Waals surface area contributed by atoms with Crippen LogP contribution in [0.2, 0.25) is 10.0 Å². The normalized spacial score (nSPS) is 11.1. The molecule has 1 aromatic heterocycles. The molecule has 0 unspecified atom stereocenters. The second-order valence-corrected chi connectivity index (χ2v) is 9.21. The van der Waals surface area contributed by atoms with Gasteiger partial charge in [-0.3, -0.25) is 9.10 Å². The topological polar surface area (TPSA) is 91.4 Å². The number of aromatic nitrogens is 1. The van der Waals surface area contributed by atoms with E-state index in [1.165, 1.54) is 17.5 Å². The maximum absolute atomic E-state index is 12.5. The average Bonchev–Trinajstić information content (AvgIpc) is 2.67. The van der Waals surface area contributed by atoms with Crippen molar-refractivity contribution in [3.8, 4) is 0 Å². The van der Waals surface area contributed by atoms with E-state index in [1.807, 2.05) is 0 Å². The van der Waals surface area contributed by atoms with Crippen LogP contribution in [0.4, 0.5) is 22.9 Å². The minimum atomic E-state index is -3.33. The summed E-state index contributed by atoms with van der Waals surface area (Å²) in [5.74, 6) is 0.0539. The van der Waals surface area contributed by atoms with Gasteiger partial charge < -0.3 is 10.6 Å². The first-order chi connectivity index (χ1) is 14.1. The fourth-order valence-electron chi connectivity index (χ4n) is 2.58. The van der Waals surface area contributed by atoms with Gasteiger partial charge in [-0.05, 0) is 42.5 Å². The van der Waals surface area contributed by atoms with Gasteiger partial charge in [0.05, 0.1) is 27.6 Å². The Balaban J connectivity index is 1.74. The van der Waals surface area contributed by atoms with Crippen LogP contribution >= 0.6 is 23.2 Å². The molecule has 3 rings (SSSR count). The highest BCUT2D eigenvalue weighted by atomic mass is 35.5. The molecule has 0 atom stereocenters. The Morgan fingerprint density at radius 3 is 2.23 bits per heavy atom. The number of sulfonamides is 1. The Bertz CT molecular complexity index is 1160. The summed E-state index contributed by atoms with van der Waals surface area (Å²) in [6.07, 6.45) is 2.68. The minimum Gasteiger partial charge on any atom is -0.340 e. The van der Waals surface area contributed by atoms with E-state index >= 15 is 0 Å². The monoisotopic (exact) mass is 464 g/mol. The van der Waals surface area contributed by atoms with Crippen molar-refractivity contribution in [3.63, 3.8) is 0 Å². The van der Waals surface area contributed by atoms with E-state index in [0.717, 1.165) is 6.26 Å². The van der Waals surface area contributed by atoms with Crippen molar-refractivity contribution in [2.24, 2.45) is 0 Å². The zero-order chi connectivity index (χ0) is 21.9. The van der Waals surface area contributed by atoms with Crippen LogP contribution in [-0.4, -0.2) is 32.6 Å². The van der Waals surface area contributed by atoms with E-state index in [9.17, 15) is 13.2 Å². The van der Waals surface area contributed by atoms with Gasteiger partial charge in [0.1, 0.15) is 5.82 Å². The Morgan fingerprint density at radius 1 is 1.00 bits per heavy atom. The van der Waals surface area contributed by atoms with Crippen LogP contribution in [0.15, 0.2) is 60.8 Å². The van der Waals surface area contributed by atoms with E-state index in [0.29, 0.717) is 22.9 Å². The molecule has 0 radical (unpaired) electrons. The zero-order valence-electron chi connectivity index (χ0n) is 16.1. The highest BCUT2D eigenvalue weighted by Crippen LogP contribution is 2.26.